The fourth-order valence-corrected chi connectivity index (χ4v) is 6.42. The van der Waals surface area contributed by atoms with Gasteiger partial charge in [-0.05, 0) is 62.4 Å². The maximum absolute atomic E-state index is 13.2. The van der Waals surface area contributed by atoms with Crippen LogP contribution in [0.25, 0.3) is 11.4 Å². The number of thioether (sulfide) groups is 1. The second-order valence-corrected chi connectivity index (χ2v) is 13.2. The van der Waals surface area contributed by atoms with Gasteiger partial charge in [0.2, 0.25) is 15.9 Å². The van der Waals surface area contributed by atoms with Gasteiger partial charge in [-0.2, -0.15) is 0 Å². The number of amides is 1. The maximum Gasteiger partial charge on any atom is 0.242 e. The first kappa shape index (κ1) is 27.3. The molecule has 2 heterocycles. The van der Waals surface area contributed by atoms with Crippen molar-refractivity contribution < 1.29 is 13.2 Å². The predicted molar refractivity (Wildman–Crippen MR) is 146 cm³/mol. The van der Waals surface area contributed by atoms with E-state index in [4.69, 9.17) is 0 Å². The highest BCUT2D eigenvalue weighted by atomic mass is 32.2. The molecule has 0 saturated heterocycles. The minimum atomic E-state index is -3.62. The molecule has 2 aromatic heterocycles. The van der Waals surface area contributed by atoms with E-state index in [9.17, 15) is 13.2 Å². The molecule has 1 aliphatic carbocycles. The molecule has 9 nitrogen and oxygen atoms in total. The highest BCUT2D eigenvalue weighted by molar-refractivity contribution is 8.00. The Morgan fingerprint density at radius 1 is 1.19 bits per heavy atom. The fourth-order valence-electron chi connectivity index (χ4n) is 4.58. The molecule has 0 aliphatic heterocycles. The van der Waals surface area contributed by atoms with Crippen LogP contribution >= 0.6 is 11.8 Å². The van der Waals surface area contributed by atoms with Gasteiger partial charge < -0.3 is 5.32 Å². The van der Waals surface area contributed by atoms with Crippen LogP contribution in [0, 0.1) is 12.8 Å². The number of aromatic nitrogens is 4. The van der Waals surface area contributed by atoms with E-state index in [0.29, 0.717) is 16.8 Å². The quantitative estimate of drug-likeness (QED) is 0.408. The number of hydrogen-bond acceptors (Lipinski definition) is 7. The van der Waals surface area contributed by atoms with Crippen LogP contribution in [-0.2, 0) is 14.8 Å². The molecule has 4 rings (SSSR count). The Labute approximate surface area is 223 Å². The Morgan fingerprint density at radius 2 is 1.95 bits per heavy atom. The van der Waals surface area contributed by atoms with E-state index in [2.05, 4.69) is 32.0 Å². The van der Waals surface area contributed by atoms with E-state index < -0.39 is 15.3 Å². The first-order valence-corrected chi connectivity index (χ1v) is 14.8. The molecule has 37 heavy (non-hydrogen) atoms. The van der Waals surface area contributed by atoms with Gasteiger partial charge >= 0.3 is 0 Å². The van der Waals surface area contributed by atoms with E-state index in [1.807, 2.05) is 26.0 Å². The van der Waals surface area contributed by atoms with E-state index in [0.717, 1.165) is 40.5 Å². The van der Waals surface area contributed by atoms with Gasteiger partial charge in [0, 0.05) is 43.8 Å². The van der Waals surface area contributed by atoms with E-state index in [1.165, 1.54) is 38.3 Å². The van der Waals surface area contributed by atoms with Crippen LogP contribution in [0.15, 0.2) is 52.8 Å². The lowest BCUT2D eigenvalue weighted by Gasteiger charge is -2.31. The summed E-state index contributed by atoms with van der Waals surface area (Å²) >= 11 is 1.36. The summed E-state index contributed by atoms with van der Waals surface area (Å²) in [6.07, 6.45) is 8.05. The summed E-state index contributed by atoms with van der Waals surface area (Å²) in [5.74, 6) is 0.994. The van der Waals surface area contributed by atoms with Crippen LogP contribution in [0.4, 0.5) is 5.69 Å². The Balaban J connectivity index is 1.60. The average Bonchev–Trinajstić information content (AvgIpc) is 3.29. The summed E-state index contributed by atoms with van der Waals surface area (Å²) in [4.78, 5) is 17.6. The predicted octanol–water partition coefficient (Wildman–Crippen LogP) is 4.77. The number of anilines is 1. The molecule has 1 fully saturated rings. The molecule has 3 unspecified atom stereocenters. The van der Waals surface area contributed by atoms with Gasteiger partial charge in [-0.25, -0.2) is 12.7 Å². The molecule has 1 saturated carbocycles. The van der Waals surface area contributed by atoms with Gasteiger partial charge in [0.05, 0.1) is 10.1 Å². The molecule has 1 N–H and O–H groups in total. The number of nitrogens with zero attached hydrogens (tertiary/aromatic N) is 5. The zero-order valence-electron chi connectivity index (χ0n) is 21.9. The summed E-state index contributed by atoms with van der Waals surface area (Å²) < 4.78 is 28.5. The highest BCUT2D eigenvalue weighted by Gasteiger charge is 2.30. The summed E-state index contributed by atoms with van der Waals surface area (Å²) in [6, 6.07) is 8.86. The van der Waals surface area contributed by atoms with Gasteiger partial charge in [0.25, 0.3) is 0 Å². The Morgan fingerprint density at radius 3 is 2.62 bits per heavy atom. The molecule has 1 amide bonds. The monoisotopic (exact) mass is 542 g/mol. The van der Waals surface area contributed by atoms with Crippen LogP contribution in [0.1, 0.15) is 51.1 Å². The molecular weight excluding hydrogens is 508 g/mol. The number of aryl methyl sites for hydroxylation is 1. The van der Waals surface area contributed by atoms with Crippen molar-refractivity contribution >= 4 is 33.4 Å². The molecule has 1 aromatic carbocycles. The van der Waals surface area contributed by atoms with Crippen molar-refractivity contribution in [3.05, 3.63) is 48.3 Å². The third-order valence-electron chi connectivity index (χ3n) is 6.88. The third-order valence-corrected chi connectivity index (χ3v) is 9.75. The SMILES string of the molecule is Cc1ccc(S(=O)(=O)N(C)C)cc1NC(=O)C(C)Sc1nnc(-c2cccnc2)n1C1CCCCC1C. The summed E-state index contributed by atoms with van der Waals surface area (Å²) in [5, 5.41) is 12.1. The van der Waals surface area contributed by atoms with E-state index in [1.54, 1.807) is 24.5 Å². The molecular formula is C26H34N6O3S2. The number of carbonyl (C=O) groups excluding carboxylic acids is 1. The number of sulfonamides is 1. The average molecular weight is 543 g/mol. The number of benzene rings is 1. The van der Waals surface area contributed by atoms with Gasteiger partial charge in [-0.3, -0.25) is 14.3 Å². The lowest BCUT2D eigenvalue weighted by Crippen LogP contribution is -2.26. The first-order valence-electron chi connectivity index (χ1n) is 12.5. The number of rotatable bonds is 8. The standard InChI is InChI=1S/C26H34N6O3S2/c1-17-12-13-21(37(34,35)31(4)5)15-22(17)28-25(33)19(3)36-26-30-29-24(20-10-8-14-27-16-20)32(26)23-11-7-6-9-18(23)2/h8,10,12-16,18-19,23H,6-7,9,11H2,1-5H3,(H,28,33). The second kappa shape index (κ2) is 11.3. The number of nitrogens with one attached hydrogen (secondary N) is 1. The minimum Gasteiger partial charge on any atom is -0.325 e. The molecule has 3 atom stereocenters. The summed E-state index contributed by atoms with van der Waals surface area (Å²) in [5.41, 5.74) is 2.14. The van der Waals surface area contributed by atoms with Gasteiger partial charge in [-0.1, -0.05) is 37.6 Å². The van der Waals surface area contributed by atoms with Gasteiger partial charge in [0.15, 0.2) is 11.0 Å². The van der Waals surface area contributed by atoms with Crippen LogP contribution in [0.3, 0.4) is 0 Å². The van der Waals surface area contributed by atoms with Crippen LogP contribution in [0.2, 0.25) is 0 Å². The zero-order valence-corrected chi connectivity index (χ0v) is 23.5. The van der Waals surface area contributed by atoms with Gasteiger partial charge in [-0.15, -0.1) is 10.2 Å². The van der Waals surface area contributed by atoms with Gasteiger partial charge in [0.1, 0.15) is 0 Å². The molecule has 198 valence electrons. The van der Waals surface area contributed by atoms with Crippen molar-refractivity contribution in [3.63, 3.8) is 0 Å². The van der Waals surface area contributed by atoms with Crippen LogP contribution < -0.4 is 5.32 Å². The van der Waals surface area contributed by atoms with E-state index >= 15 is 0 Å². The Kier molecular flexibility index (Phi) is 8.35. The molecule has 3 aromatic rings. The minimum absolute atomic E-state index is 0.130. The maximum atomic E-state index is 13.2. The second-order valence-electron chi connectivity index (χ2n) is 9.76. The van der Waals surface area contributed by atoms with Crippen molar-refractivity contribution in [3.8, 4) is 11.4 Å². The number of pyridine rings is 1. The lowest BCUT2D eigenvalue weighted by molar-refractivity contribution is -0.115. The molecule has 0 spiro atoms. The molecule has 1 aliphatic rings. The van der Waals surface area contributed by atoms with Crippen molar-refractivity contribution in [1.29, 1.82) is 0 Å². The lowest BCUT2D eigenvalue weighted by atomic mass is 9.85. The van der Waals surface area contributed by atoms with Crippen molar-refractivity contribution in [2.75, 3.05) is 19.4 Å². The van der Waals surface area contributed by atoms with E-state index in [-0.39, 0.29) is 16.8 Å². The van der Waals surface area contributed by atoms with Crippen molar-refractivity contribution in [1.82, 2.24) is 24.1 Å². The third kappa shape index (κ3) is 5.89. The summed E-state index contributed by atoms with van der Waals surface area (Å²) in [7, 11) is -0.655. The zero-order chi connectivity index (χ0) is 26.7. The fraction of sp³-hybridized carbons (Fsp3) is 0.462. The van der Waals surface area contributed by atoms with Crippen LogP contribution in [-0.4, -0.2) is 57.7 Å². The molecule has 0 bridgehead atoms. The highest BCUT2D eigenvalue weighted by Crippen LogP contribution is 2.39. The number of hydrogen-bond donors (Lipinski definition) is 1. The van der Waals surface area contributed by atoms with Crippen molar-refractivity contribution in [2.45, 2.75) is 67.8 Å². The van der Waals surface area contributed by atoms with Crippen molar-refractivity contribution in [2.24, 2.45) is 5.92 Å². The Bertz CT molecular complexity index is 1360. The normalized spacial score (nSPS) is 19.1. The Hall–Kier alpha value is -2.76. The smallest absolute Gasteiger partial charge is 0.242 e. The molecule has 11 heteroatoms. The first-order chi connectivity index (χ1) is 17.6. The number of carbonyl (C=O) groups is 1. The largest absolute Gasteiger partial charge is 0.325 e. The summed E-state index contributed by atoms with van der Waals surface area (Å²) in [6.45, 7) is 5.92. The molecule has 0 radical (unpaired) electrons. The topological polar surface area (TPSA) is 110 Å². The van der Waals surface area contributed by atoms with Crippen LogP contribution in [0.5, 0.6) is 0 Å².